The third-order valence-electron chi connectivity index (χ3n) is 3.79. The average molecular weight is 197 g/mol. The van der Waals surface area contributed by atoms with Gasteiger partial charge in [-0.2, -0.15) is 5.26 Å². The van der Waals surface area contributed by atoms with E-state index in [-0.39, 0.29) is 17.1 Å². The van der Waals surface area contributed by atoms with Crippen molar-refractivity contribution in [1.82, 2.24) is 0 Å². The van der Waals surface area contributed by atoms with Gasteiger partial charge in [-0.1, -0.05) is 24.3 Å². The lowest BCUT2D eigenvalue weighted by molar-refractivity contribution is 0.0872. The molecule has 0 amide bonds. The predicted molar refractivity (Wildman–Crippen MR) is 55.2 cm³/mol. The quantitative estimate of drug-likeness (QED) is 0.640. The summed E-state index contributed by atoms with van der Waals surface area (Å²) in [6, 6.07) is 10.0. The number of benzene rings is 1. The van der Waals surface area contributed by atoms with E-state index in [0.717, 1.165) is 30.4 Å². The topological polar surface area (TPSA) is 40.9 Å². The number of nitrogens with zero attached hydrogens (tertiary/aromatic N) is 1. The van der Waals surface area contributed by atoms with Crippen LogP contribution in [0.1, 0.15) is 28.8 Å². The second-order valence-electron chi connectivity index (χ2n) is 4.53. The molecule has 1 fully saturated rings. The van der Waals surface area contributed by atoms with Gasteiger partial charge < -0.3 is 0 Å². The first-order chi connectivity index (χ1) is 7.28. The van der Waals surface area contributed by atoms with Crippen LogP contribution in [0, 0.1) is 22.7 Å². The predicted octanol–water partition coefficient (Wildman–Crippen LogP) is 2.35. The first kappa shape index (κ1) is 8.67. The van der Waals surface area contributed by atoms with Crippen molar-refractivity contribution in [2.24, 2.45) is 11.3 Å². The van der Waals surface area contributed by atoms with Gasteiger partial charge in [0.2, 0.25) is 0 Å². The monoisotopic (exact) mass is 197 g/mol. The number of nitriles is 1. The zero-order chi connectivity index (χ0) is 10.5. The average Bonchev–Trinajstić information content (AvgIpc) is 2.99. The number of hydrogen-bond donors (Lipinski definition) is 0. The van der Waals surface area contributed by atoms with Crippen molar-refractivity contribution in [3.05, 3.63) is 35.4 Å². The highest BCUT2D eigenvalue weighted by Gasteiger charge is 2.61. The Bertz CT molecular complexity index is 486. The molecule has 2 aliphatic rings. The minimum Gasteiger partial charge on any atom is -0.293 e. The molecule has 2 nitrogen and oxygen atoms in total. The van der Waals surface area contributed by atoms with Crippen molar-refractivity contribution >= 4 is 5.78 Å². The van der Waals surface area contributed by atoms with E-state index in [2.05, 4.69) is 6.07 Å². The van der Waals surface area contributed by atoms with Gasteiger partial charge >= 0.3 is 0 Å². The molecule has 1 saturated carbocycles. The zero-order valence-electron chi connectivity index (χ0n) is 8.36. The molecular formula is C13H11NO. The van der Waals surface area contributed by atoms with E-state index in [1.54, 1.807) is 0 Å². The third kappa shape index (κ3) is 1.01. The largest absolute Gasteiger partial charge is 0.293 e. The lowest BCUT2D eigenvalue weighted by Gasteiger charge is -2.22. The molecule has 0 aromatic heterocycles. The Kier molecular flexibility index (Phi) is 1.56. The highest BCUT2D eigenvalue weighted by Crippen LogP contribution is 2.59. The van der Waals surface area contributed by atoms with E-state index >= 15 is 0 Å². The number of hydrogen-bond acceptors (Lipinski definition) is 2. The van der Waals surface area contributed by atoms with Gasteiger partial charge in [-0.05, 0) is 24.8 Å². The molecular weight excluding hydrogens is 186 g/mol. The Morgan fingerprint density at radius 3 is 2.93 bits per heavy atom. The second kappa shape index (κ2) is 2.70. The molecule has 0 heterocycles. The molecule has 1 aromatic carbocycles. The fourth-order valence-electron chi connectivity index (χ4n) is 2.70. The maximum Gasteiger partial charge on any atom is 0.170 e. The lowest BCUT2D eigenvalue weighted by Crippen LogP contribution is -2.25. The molecule has 2 aliphatic carbocycles. The van der Waals surface area contributed by atoms with Gasteiger partial charge in [-0.15, -0.1) is 0 Å². The van der Waals surface area contributed by atoms with E-state index in [4.69, 9.17) is 5.26 Å². The van der Waals surface area contributed by atoms with Crippen molar-refractivity contribution < 1.29 is 4.79 Å². The van der Waals surface area contributed by atoms with Gasteiger partial charge in [-0.3, -0.25) is 4.79 Å². The molecule has 2 heteroatoms. The third-order valence-corrected chi connectivity index (χ3v) is 3.79. The number of fused-ring (bicyclic) bond motifs is 1. The SMILES string of the molecule is N#CC1CC12CCc1ccccc1C2=O. The summed E-state index contributed by atoms with van der Waals surface area (Å²) in [5.74, 6) is 0.175. The van der Waals surface area contributed by atoms with Crippen molar-refractivity contribution in [3.8, 4) is 6.07 Å². The van der Waals surface area contributed by atoms with Crippen LogP contribution in [-0.4, -0.2) is 5.78 Å². The Morgan fingerprint density at radius 2 is 2.20 bits per heavy atom. The number of aryl methyl sites for hydroxylation is 1. The number of carbonyl (C=O) groups excluding carboxylic acids is 1. The van der Waals surface area contributed by atoms with Crippen LogP contribution in [0.2, 0.25) is 0 Å². The van der Waals surface area contributed by atoms with Gasteiger partial charge in [0.25, 0.3) is 0 Å². The van der Waals surface area contributed by atoms with Crippen molar-refractivity contribution in [3.63, 3.8) is 0 Å². The first-order valence-electron chi connectivity index (χ1n) is 5.30. The summed E-state index contributed by atoms with van der Waals surface area (Å²) < 4.78 is 0. The number of ketones is 1. The minimum atomic E-state index is -0.302. The molecule has 1 aromatic rings. The molecule has 0 radical (unpaired) electrons. The van der Waals surface area contributed by atoms with Gasteiger partial charge in [-0.25, -0.2) is 0 Å². The number of carbonyl (C=O) groups is 1. The molecule has 74 valence electrons. The van der Waals surface area contributed by atoms with Crippen molar-refractivity contribution in [1.29, 1.82) is 5.26 Å². The molecule has 15 heavy (non-hydrogen) atoms. The molecule has 0 saturated heterocycles. The van der Waals surface area contributed by atoms with Crippen molar-refractivity contribution in [2.75, 3.05) is 0 Å². The zero-order valence-corrected chi connectivity index (χ0v) is 8.36. The Balaban J connectivity index is 2.05. The smallest absolute Gasteiger partial charge is 0.170 e. The minimum absolute atomic E-state index is 0.0293. The van der Waals surface area contributed by atoms with Crippen LogP contribution in [0.3, 0.4) is 0 Å². The summed E-state index contributed by atoms with van der Waals surface area (Å²) in [4.78, 5) is 12.2. The number of Topliss-reactive ketones (excluding diaryl/α,β-unsaturated/α-hetero) is 1. The molecule has 1 spiro atoms. The second-order valence-corrected chi connectivity index (χ2v) is 4.53. The van der Waals surface area contributed by atoms with Crippen LogP contribution in [0.4, 0.5) is 0 Å². The lowest BCUT2D eigenvalue weighted by atomic mass is 9.79. The van der Waals surface area contributed by atoms with Gasteiger partial charge in [0.05, 0.1) is 17.4 Å². The maximum atomic E-state index is 12.2. The van der Waals surface area contributed by atoms with Crippen LogP contribution < -0.4 is 0 Å². The summed E-state index contributed by atoms with van der Waals surface area (Å²) in [7, 11) is 0. The maximum absolute atomic E-state index is 12.2. The Morgan fingerprint density at radius 1 is 1.40 bits per heavy atom. The van der Waals surface area contributed by atoms with Gasteiger partial charge in [0, 0.05) is 5.56 Å². The van der Waals surface area contributed by atoms with Crippen LogP contribution in [0.15, 0.2) is 24.3 Å². The van der Waals surface area contributed by atoms with Crippen LogP contribution in [-0.2, 0) is 6.42 Å². The van der Waals surface area contributed by atoms with E-state index in [1.807, 2.05) is 24.3 Å². The fourth-order valence-corrected chi connectivity index (χ4v) is 2.70. The summed E-state index contributed by atoms with van der Waals surface area (Å²) in [5, 5.41) is 8.89. The fraction of sp³-hybridized carbons (Fsp3) is 0.385. The molecule has 2 atom stereocenters. The Hall–Kier alpha value is -1.62. The van der Waals surface area contributed by atoms with Crippen LogP contribution in [0.5, 0.6) is 0 Å². The van der Waals surface area contributed by atoms with Crippen molar-refractivity contribution in [2.45, 2.75) is 19.3 Å². The van der Waals surface area contributed by atoms with Gasteiger partial charge in [0.1, 0.15) is 0 Å². The molecule has 2 unspecified atom stereocenters. The van der Waals surface area contributed by atoms with Crippen LogP contribution in [0.25, 0.3) is 0 Å². The molecule has 0 bridgehead atoms. The highest BCUT2D eigenvalue weighted by atomic mass is 16.1. The summed E-state index contributed by atoms with van der Waals surface area (Å²) in [5.41, 5.74) is 1.70. The standard InChI is InChI=1S/C13H11NO/c14-8-10-7-13(10)6-5-9-3-1-2-4-11(9)12(13)15/h1-4,10H,5-7H2. The first-order valence-corrected chi connectivity index (χ1v) is 5.30. The summed E-state index contributed by atoms with van der Waals surface area (Å²) in [6.45, 7) is 0. The van der Waals surface area contributed by atoms with E-state index in [9.17, 15) is 4.79 Å². The van der Waals surface area contributed by atoms with E-state index < -0.39 is 0 Å². The summed E-state index contributed by atoms with van der Waals surface area (Å²) in [6.07, 6.45) is 2.58. The van der Waals surface area contributed by atoms with E-state index in [0.29, 0.717) is 0 Å². The highest BCUT2D eigenvalue weighted by molar-refractivity contribution is 6.05. The Labute approximate surface area is 88.5 Å². The normalized spacial score (nSPS) is 32.2. The van der Waals surface area contributed by atoms with Gasteiger partial charge in [0.15, 0.2) is 5.78 Å². The number of rotatable bonds is 0. The molecule has 0 N–H and O–H groups in total. The van der Waals surface area contributed by atoms with E-state index in [1.165, 1.54) is 0 Å². The molecule has 0 aliphatic heterocycles. The molecule has 3 rings (SSSR count). The summed E-state index contributed by atoms with van der Waals surface area (Å²) >= 11 is 0. The van der Waals surface area contributed by atoms with Crippen LogP contribution >= 0.6 is 0 Å².